The zero-order chi connectivity index (χ0) is 15.6. The van der Waals surface area contributed by atoms with Gasteiger partial charge in [0.05, 0.1) is 5.69 Å². The highest BCUT2D eigenvalue weighted by Gasteiger charge is 2.22. The third-order valence-corrected chi connectivity index (χ3v) is 3.34. The van der Waals surface area contributed by atoms with Crippen LogP contribution in [0.2, 0.25) is 0 Å². The number of rotatable bonds is 4. The van der Waals surface area contributed by atoms with Gasteiger partial charge in [-0.15, -0.1) is 5.10 Å². The number of carbonyl (C=O) groups is 1. The molecule has 1 aromatic heterocycles. The van der Waals surface area contributed by atoms with Gasteiger partial charge >= 0.3 is 5.97 Å². The molecular weight excluding hydrogens is 273 g/mol. The number of hydrogen-bond donors (Lipinski definition) is 1. The van der Waals surface area contributed by atoms with Gasteiger partial charge in [-0.05, 0) is 44.5 Å². The normalized spacial score (nSPS) is 10.5. The van der Waals surface area contributed by atoms with Gasteiger partial charge in [-0.1, -0.05) is 6.07 Å². The first-order chi connectivity index (χ1) is 9.95. The molecule has 1 heterocycles. The Morgan fingerprint density at radius 1 is 1.33 bits per heavy atom. The van der Waals surface area contributed by atoms with Crippen molar-refractivity contribution in [2.24, 2.45) is 0 Å². The third kappa shape index (κ3) is 2.84. The monoisotopic (exact) mass is 289 g/mol. The van der Waals surface area contributed by atoms with Crippen LogP contribution in [0.25, 0.3) is 0 Å². The molecule has 0 atom stereocenters. The molecule has 110 valence electrons. The highest BCUT2D eigenvalue weighted by Crippen LogP contribution is 2.29. The predicted molar refractivity (Wildman–Crippen MR) is 77.5 cm³/mol. The fourth-order valence-corrected chi connectivity index (χ4v) is 2.14. The number of benzene rings is 1. The molecule has 1 N–H and O–H groups in total. The van der Waals surface area contributed by atoms with Crippen LogP contribution in [0.15, 0.2) is 24.3 Å². The van der Waals surface area contributed by atoms with Crippen molar-refractivity contribution in [1.82, 2.24) is 10.2 Å². The molecule has 2 rings (SSSR count). The molecule has 1 aromatic carbocycles. The van der Waals surface area contributed by atoms with Crippen LogP contribution in [-0.4, -0.2) is 27.8 Å². The third-order valence-electron chi connectivity index (χ3n) is 3.34. The quantitative estimate of drug-likeness (QED) is 0.937. The first-order valence-electron chi connectivity index (χ1n) is 6.56. The second-order valence-electron chi connectivity index (χ2n) is 4.64. The van der Waals surface area contributed by atoms with Crippen LogP contribution < -0.4 is 4.90 Å². The summed E-state index contributed by atoms with van der Waals surface area (Å²) in [6.07, 6.45) is 0. The lowest BCUT2D eigenvalue weighted by molar-refractivity contribution is 0.0696. The minimum Gasteiger partial charge on any atom is -0.478 e. The summed E-state index contributed by atoms with van der Waals surface area (Å²) in [6, 6.07) is 5.95. The lowest BCUT2D eigenvalue weighted by Crippen LogP contribution is -2.22. The van der Waals surface area contributed by atoms with E-state index in [-0.39, 0.29) is 17.2 Å². The largest absolute Gasteiger partial charge is 0.478 e. The highest BCUT2D eigenvalue weighted by molar-refractivity contribution is 5.96. The molecule has 0 amide bonds. The van der Waals surface area contributed by atoms with Gasteiger partial charge in [0, 0.05) is 12.2 Å². The Hall–Kier alpha value is -2.50. The summed E-state index contributed by atoms with van der Waals surface area (Å²) in [7, 11) is 0. The number of aryl methyl sites for hydroxylation is 1. The fourth-order valence-electron chi connectivity index (χ4n) is 2.14. The van der Waals surface area contributed by atoms with Crippen molar-refractivity contribution in [2.75, 3.05) is 11.4 Å². The number of aromatic carboxylic acids is 1. The number of nitrogens with zero attached hydrogens (tertiary/aromatic N) is 3. The molecule has 6 heteroatoms. The summed E-state index contributed by atoms with van der Waals surface area (Å²) in [5.41, 5.74) is 1.75. The first-order valence-corrected chi connectivity index (χ1v) is 6.56. The molecular formula is C15H16FN3O2. The van der Waals surface area contributed by atoms with Gasteiger partial charge in [-0.25, -0.2) is 9.18 Å². The zero-order valence-corrected chi connectivity index (χ0v) is 12.1. The number of aromatic nitrogens is 2. The molecule has 0 aliphatic heterocycles. The van der Waals surface area contributed by atoms with E-state index in [1.807, 2.05) is 6.92 Å². The molecule has 5 nitrogen and oxygen atoms in total. The van der Waals surface area contributed by atoms with Crippen molar-refractivity contribution >= 4 is 17.5 Å². The average Bonchev–Trinajstić information content (AvgIpc) is 2.43. The van der Waals surface area contributed by atoms with Gasteiger partial charge in [-0.2, -0.15) is 5.10 Å². The van der Waals surface area contributed by atoms with E-state index >= 15 is 0 Å². The molecule has 0 aliphatic rings. The van der Waals surface area contributed by atoms with Crippen molar-refractivity contribution in [3.05, 3.63) is 46.9 Å². The zero-order valence-electron chi connectivity index (χ0n) is 12.1. The van der Waals surface area contributed by atoms with Crippen LogP contribution in [0.5, 0.6) is 0 Å². The minimum absolute atomic E-state index is 0.0913. The number of carboxylic acids is 1. The van der Waals surface area contributed by atoms with Crippen LogP contribution in [0.3, 0.4) is 0 Å². The van der Waals surface area contributed by atoms with Crippen molar-refractivity contribution in [1.29, 1.82) is 0 Å². The lowest BCUT2D eigenvalue weighted by Gasteiger charge is -2.24. The summed E-state index contributed by atoms with van der Waals surface area (Å²) in [5, 5.41) is 17.4. The Balaban J connectivity index is 2.63. The topological polar surface area (TPSA) is 66.3 Å². The first kappa shape index (κ1) is 14.9. The van der Waals surface area contributed by atoms with Gasteiger partial charge in [0.25, 0.3) is 0 Å². The van der Waals surface area contributed by atoms with E-state index < -0.39 is 5.97 Å². The number of hydrogen-bond acceptors (Lipinski definition) is 4. The Bertz CT molecular complexity index is 689. The van der Waals surface area contributed by atoms with Crippen molar-refractivity contribution < 1.29 is 14.3 Å². The number of carboxylic acid groups (broad SMARTS) is 1. The van der Waals surface area contributed by atoms with Crippen molar-refractivity contribution in [3.63, 3.8) is 0 Å². The van der Waals surface area contributed by atoms with Gasteiger partial charge in [0.15, 0.2) is 5.82 Å². The molecule has 0 saturated carbocycles. The van der Waals surface area contributed by atoms with Crippen molar-refractivity contribution in [2.45, 2.75) is 20.8 Å². The Morgan fingerprint density at radius 3 is 2.62 bits per heavy atom. The Labute approximate surface area is 122 Å². The minimum atomic E-state index is -1.07. The number of anilines is 2. The fraction of sp³-hybridized carbons (Fsp3) is 0.267. The summed E-state index contributed by atoms with van der Waals surface area (Å²) in [5.74, 6) is -1.24. The van der Waals surface area contributed by atoms with E-state index in [0.29, 0.717) is 23.5 Å². The molecule has 21 heavy (non-hydrogen) atoms. The molecule has 0 unspecified atom stereocenters. The molecule has 0 bridgehead atoms. The Morgan fingerprint density at radius 2 is 2.05 bits per heavy atom. The summed E-state index contributed by atoms with van der Waals surface area (Å²) < 4.78 is 13.4. The van der Waals surface area contributed by atoms with E-state index in [1.165, 1.54) is 12.1 Å². The van der Waals surface area contributed by atoms with Gasteiger partial charge < -0.3 is 10.0 Å². The van der Waals surface area contributed by atoms with E-state index in [2.05, 4.69) is 10.2 Å². The summed E-state index contributed by atoms with van der Waals surface area (Å²) >= 11 is 0. The van der Waals surface area contributed by atoms with Crippen LogP contribution in [0.4, 0.5) is 15.9 Å². The molecule has 0 saturated heterocycles. The maximum atomic E-state index is 13.4. The smallest absolute Gasteiger partial charge is 0.339 e. The van der Waals surface area contributed by atoms with E-state index in [1.54, 1.807) is 30.9 Å². The Kier molecular flexibility index (Phi) is 4.16. The molecule has 0 spiro atoms. The molecule has 0 radical (unpaired) electrons. The molecule has 2 aromatic rings. The second-order valence-corrected chi connectivity index (χ2v) is 4.64. The summed E-state index contributed by atoms with van der Waals surface area (Å²) in [4.78, 5) is 13.2. The molecule has 0 aliphatic carbocycles. The van der Waals surface area contributed by atoms with Crippen LogP contribution in [0.1, 0.15) is 28.5 Å². The predicted octanol–water partition coefficient (Wildman–Crippen LogP) is 3.09. The van der Waals surface area contributed by atoms with Gasteiger partial charge in [0.1, 0.15) is 11.4 Å². The molecule has 0 fully saturated rings. The van der Waals surface area contributed by atoms with E-state index in [9.17, 15) is 14.3 Å². The van der Waals surface area contributed by atoms with Crippen LogP contribution in [-0.2, 0) is 0 Å². The van der Waals surface area contributed by atoms with E-state index in [4.69, 9.17) is 0 Å². The van der Waals surface area contributed by atoms with Crippen LogP contribution in [0, 0.1) is 19.7 Å². The van der Waals surface area contributed by atoms with Gasteiger partial charge in [0.2, 0.25) is 0 Å². The summed E-state index contributed by atoms with van der Waals surface area (Å²) in [6.45, 7) is 5.68. The van der Waals surface area contributed by atoms with Crippen LogP contribution >= 0.6 is 0 Å². The number of halogens is 1. The maximum absolute atomic E-state index is 13.4. The second kappa shape index (κ2) is 5.87. The standard InChI is InChI=1S/C15H16FN3O2/c1-4-19(12-7-5-6-11(16)8-12)14-13(15(20)21)9(2)10(3)17-18-14/h5-8H,4H2,1-3H3,(H,20,21). The highest BCUT2D eigenvalue weighted by atomic mass is 19.1. The van der Waals surface area contributed by atoms with Gasteiger partial charge in [-0.3, -0.25) is 0 Å². The SMILES string of the molecule is CCN(c1cccc(F)c1)c1nnc(C)c(C)c1C(=O)O. The lowest BCUT2D eigenvalue weighted by atomic mass is 10.1. The maximum Gasteiger partial charge on any atom is 0.339 e. The van der Waals surface area contributed by atoms with E-state index in [0.717, 1.165) is 0 Å². The average molecular weight is 289 g/mol. The van der Waals surface area contributed by atoms with Crippen molar-refractivity contribution in [3.8, 4) is 0 Å².